The summed E-state index contributed by atoms with van der Waals surface area (Å²) < 4.78 is 0. The van der Waals surface area contributed by atoms with E-state index in [1.165, 1.54) is 0 Å². The topological polar surface area (TPSA) is 30.0 Å². The molecule has 0 aliphatic rings. The fourth-order valence-electron chi connectivity index (χ4n) is 1.54. The van der Waals surface area contributed by atoms with Crippen molar-refractivity contribution in [2.75, 3.05) is 0 Å². The van der Waals surface area contributed by atoms with E-state index in [1.807, 2.05) is 24.3 Å². The Labute approximate surface area is 107 Å². The zero-order valence-corrected chi connectivity index (χ0v) is 10.8. The number of hydrogen-bond donors (Lipinski definition) is 0. The van der Waals surface area contributed by atoms with E-state index < -0.39 is 0 Å². The summed E-state index contributed by atoms with van der Waals surface area (Å²) in [4.78, 5) is 14.9. The van der Waals surface area contributed by atoms with Crippen LogP contribution >= 0.6 is 0 Å². The molecule has 0 saturated heterocycles. The number of carbonyl (C=O) groups excluding carboxylic acids is 1. The lowest BCUT2D eigenvalue weighted by atomic mass is 9.97. The van der Waals surface area contributed by atoms with E-state index in [2.05, 4.69) is 37.6 Å². The van der Waals surface area contributed by atoms with Crippen molar-refractivity contribution in [3.63, 3.8) is 0 Å². The fourth-order valence-corrected chi connectivity index (χ4v) is 1.54. The van der Waals surface area contributed by atoms with Crippen LogP contribution in [-0.2, 0) is 0 Å². The molecule has 0 N–H and O–H groups in total. The van der Waals surface area contributed by atoms with Gasteiger partial charge in [0.05, 0.1) is 5.52 Å². The second kappa shape index (κ2) is 4.62. The van der Waals surface area contributed by atoms with Crippen LogP contribution in [0.2, 0.25) is 0 Å². The molecular weight excluding hydrogens is 222 g/mol. The van der Waals surface area contributed by atoms with Crippen LogP contribution in [-0.4, -0.2) is 11.3 Å². The largest absolute Gasteiger partial charge is 0.298 e. The van der Waals surface area contributed by atoms with Crippen molar-refractivity contribution in [1.29, 1.82) is 0 Å². The molecular formula is C16H15NO. The predicted molar refractivity (Wildman–Crippen MR) is 73.5 cm³/mol. The summed E-state index contributed by atoms with van der Waals surface area (Å²) >= 11 is 0. The monoisotopic (exact) mass is 237 g/mol. The maximum atomic E-state index is 10.7. The fraction of sp³-hybridized carbons (Fsp3) is 0.250. The van der Waals surface area contributed by atoms with E-state index in [9.17, 15) is 4.79 Å². The Morgan fingerprint density at radius 2 is 2.00 bits per heavy atom. The van der Waals surface area contributed by atoms with Crippen LogP contribution in [0.25, 0.3) is 10.9 Å². The van der Waals surface area contributed by atoms with E-state index in [-0.39, 0.29) is 5.41 Å². The van der Waals surface area contributed by atoms with Crippen LogP contribution in [0.3, 0.4) is 0 Å². The number of aromatic nitrogens is 1. The van der Waals surface area contributed by atoms with Gasteiger partial charge < -0.3 is 0 Å². The number of fused-ring (bicyclic) bond motifs is 1. The Morgan fingerprint density at radius 3 is 2.67 bits per heavy atom. The Kier molecular flexibility index (Phi) is 3.16. The molecule has 0 aliphatic carbocycles. The zero-order chi connectivity index (χ0) is 13.2. The first-order valence-electron chi connectivity index (χ1n) is 5.86. The molecule has 1 aromatic heterocycles. The molecule has 0 unspecified atom stereocenters. The highest BCUT2D eigenvalue weighted by Crippen LogP contribution is 2.15. The molecule has 0 atom stereocenters. The lowest BCUT2D eigenvalue weighted by molar-refractivity contribution is 0.112. The number of rotatable bonds is 1. The van der Waals surface area contributed by atoms with Crippen molar-refractivity contribution in [3.05, 3.63) is 41.6 Å². The van der Waals surface area contributed by atoms with Gasteiger partial charge in [-0.05, 0) is 39.0 Å². The van der Waals surface area contributed by atoms with Gasteiger partial charge in [-0.1, -0.05) is 17.9 Å². The summed E-state index contributed by atoms with van der Waals surface area (Å²) in [6.45, 7) is 6.24. The zero-order valence-electron chi connectivity index (χ0n) is 10.8. The molecule has 2 heteroatoms. The molecule has 0 radical (unpaired) electrons. The van der Waals surface area contributed by atoms with Gasteiger partial charge in [0.1, 0.15) is 0 Å². The second-order valence-electron chi connectivity index (χ2n) is 5.29. The van der Waals surface area contributed by atoms with Crippen molar-refractivity contribution in [2.45, 2.75) is 20.8 Å². The minimum Gasteiger partial charge on any atom is -0.298 e. The molecule has 90 valence electrons. The van der Waals surface area contributed by atoms with Gasteiger partial charge in [-0.15, -0.1) is 0 Å². The van der Waals surface area contributed by atoms with Gasteiger partial charge in [0.2, 0.25) is 0 Å². The Balaban J connectivity index is 2.44. The van der Waals surface area contributed by atoms with Crippen LogP contribution in [0.4, 0.5) is 0 Å². The van der Waals surface area contributed by atoms with Crippen LogP contribution < -0.4 is 0 Å². The van der Waals surface area contributed by atoms with E-state index in [0.29, 0.717) is 5.56 Å². The average molecular weight is 237 g/mol. The maximum Gasteiger partial charge on any atom is 0.151 e. The first-order valence-corrected chi connectivity index (χ1v) is 5.86. The third kappa shape index (κ3) is 2.95. The van der Waals surface area contributed by atoms with E-state index in [1.54, 1.807) is 6.20 Å². The summed E-state index contributed by atoms with van der Waals surface area (Å²) in [5, 5.41) is 0.959. The van der Waals surface area contributed by atoms with Crippen LogP contribution in [0, 0.1) is 17.3 Å². The first kappa shape index (κ1) is 12.3. The number of nitrogens with zero attached hydrogens (tertiary/aromatic N) is 1. The van der Waals surface area contributed by atoms with Gasteiger partial charge in [0.25, 0.3) is 0 Å². The Bertz CT molecular complexity index is 654. The van der Waals surface area contributed by atoms with E-state index >= 15 is 0 Å². The van der Waals surface area contributed by atoms with Gasteiger partial charge in [0.15, 0.2) is 6.29 Å². The molecule has 1 heterocycles. The summed E-state index contributed by atoms with van der Waals surface area (Å²) in [5.74, 6) is 6.34. The highest BCUT2D eigenvalue weighted by molar-refractivity contribution is 5.86. The van der Waals surface area contributed by atoms with Crippen LogP contribution in [0.15, 0.2) is 30.5 Å². The normalized spacial score (nSPS) is 10.8. The molecule has 0 saturated carbocycles. The average Bonchev–Trinajstić information content (AvgIpc) is 2.34. The van der Waals surface area contributed by atoms with Crippen molar-refractivity contribution >= 4 is 17.2 Å². The van der Waals surface area contributed by atoms with Crippen LogP contribution in [0.1, 0.15) is 36.7 Å². The van der Waals surface area contributed by atoms with Gasteiger partial charge >= 0.3 is 0 Å². The summed E-state index contributed by atoms with van der Waals surface area (Å²) in [5.41, 5.74) is 2.39. The second-order valence-corrected chi connectivity index (χ2v) is 5.29. The predicted octanol–water partition coefficient (Wildman–Crippen LogP) is 3.44. The number of aldehydes is 1. The maximum absolute atomic E-state index is 10.7. The lowest BCUT2D eigenvalue weighted by Gasteiger charge is -2.06. The molecule has 18 heavy (non-hydrogen) atoms. The summed E-state index contributed by atoms with van der Waals surface area (Å²) in [6.07, 6.45) is 2.38. The number of carbonyl (C=O) groups is 1. The van der Waals surface area contributed by atoms with Gasteiger partial charge in [-0.25, -0.2) is 0 Å². The van der Waals surface area contributed by atoms with Crippen molar-refractivity contribution in [3.8, 4) is 11.8 Å². The molecule has 0 aliphatic heterocycles. The third-order valence-corrected chi connectivity index (χ3v) is 2.42. The van der Waals surface area contributed by atoms with Crippen LogP contribution in [0.5, 0.6) is 0 Å². The smallest absolute Gasteiger partial charge is 0.151 e. The minimum absolute atomic E-state index is 0.0102. The minimum atomic E-state index is -0.0102. The number of pyridine rings is 1. The molecule has 0 bridgehead atoms. The first-order chi connectivity index (χ1) is 8.48. The number of benzene rings is 1. The van der Waals surface area contributed by atoms with E-state index in [4.69, 9.17) is 0 Å². The standard InChI is InChI=1S/C16H15NO/c1-16(2,3)7-6-12-4-5-14-8-13(11-18)10-17-15(14)9-12/h4-5,8-11H,1-3H3. The van der Waals surface area contributed by atoms with Crippen molar-refractivity contribution < 1.29 is 4.79 Å². The lowest BCUT2D eigenvalue weighted by Crippen LogP contribution is -1.99. The third-order valence-electron chi connectivity index (χ3n) is 2.42. The summed E-state index contributed by atoms with van der Waals surface area (Å²) in [7, 11) is 0. The molecule has 0 amide bonds. The molecule has 2 nitrogen and oxygen atoms in total. The van der Waals surface area contributed by atoms with Crippen molar-refractivity contribution in [2.24, 2.45) is 5.41 Å². The molecule has 0 spiro atoms. The van der Waals surface area contributed by atoms with Gasteiger partial charge in [-0.2, -0.15) is 0 Å². The van der Waals surface area contributed by atoms with Gasteiger partial charge in [0, 0.05) is 28.1 Å². The van der Waals surface area contributed by atoms with Crippen molar-refractivity contribution in [1.82, 2.24) is 4.98 Å². The Morgan fingerprint density at radius 1 is 1.22 bits per heavy atom. The molecule has 2 aromatic rings. The molecule has 2 rings (SSSR count). The summed E-state index contributed by atoms with van der Waals surface area (Å²) in [6, 6.07) is 7.68. The molecule has 1 aromatic carbocycles. The van der Waals surface area contributed by atoms with Gasteiger partial charge in [-0.3, -0.25) is 9.78 Å². The highest BCUT2D eigenvalue weighted by Gasteiger charge is 2.03. The number of hydrogen-bond acceptors (Lipinski definition) is 2. The quantitative estimate of drug-likeness (QED) is 0.561. The highest BCUT2D eigenvalue weighted by atomic mass is 16.1. The van der Waals surface area contributed by atoms with E-state index in [0.717, 1.165) is 22.8 Å². The SMILES string of the molecule is CC(C)(C)C#Cc1ccc2cc(C=O)cnc2c1. The Hall–Kier alpha value is -2.14. The molecule has 0 fully saturated rings.